The van der Waals surface area contributed by atoms with Gasteiger partial charge in [-0.1, -0.05) is 11.6 Å². The van der Waals surface area contributed by atoms with Crippen LogP contribution in [-0.2, 0) is 13.0 Å². The number of likely N-dealkylation sites (tertiary alicyclic amines) is 1. The maximum Gasteiger partial charge on any atom is 0.251 e. The minimum absolute atomic E-state index is 0.107. The van der Waals surface area contributed by atoms with Crippen molar-refractivity contribution in [2.75, 3.05) is 19.6 Å². The molecule has 0 saturated carbocycles. The van der Waals surface area contributed by atoms with Crippen LogP contribution in [0.25, 0.3) is 11.0 Å². The van der Waals surface area contributed by atoms with E-state index in [0.717, 1.165) is 36.3 Å². The smallest absolute Gasteiger partial charge is 0.251 e. The Kier molecular flexibility index (Phi) is 6.09. The molecular weight excluding hydrogens is 397 g/mol. The number of halogens is 2. The quantitative estimate of drug-likeness (QED) is 0.586. The summed E-state index contributed by atoms with van der Waals surface area (Å²) in [6, 6.07) is 8.66. The largest absolute Gasteiger partial charge is 0.305 e. The Balaban J connectivity index is 1.31. The number of aryl methyl sites for hydroxylation is 1. The Bertz CT molecular complexity index is 1010. The van der Waals surface area contributed by atoms with Crippen LogP contribution in [0.4, 0.5) is 4.39 Å². The first-order valence-corrected chi connectivity index (χ1v) is 10.9. The van der Waals surface area contributed by atoms with Crippen molar-refractivity contribution in [3.05, 3.63) is 61.9 Å². The molecule has 0 bridgehead atoms. The van der Waals surface area contributed by atoms with Crippen molar-refractivity contribution in [2.45, 2.75) is 32.2 Å². The Labute approximate surface area is 172 Å². The van der Waals surface area contributed by atoms with Crippen molar-refractivity contribution >= 4 is 34.0 Å². The van der Waals surface area contributed by atoms with Gasteiger partial charge in [0.25, 0.3) is 5.56 Å². The fraction of sp³-hybridized carbons (Fsp3) is 0.429. The average molecular weight is 420 g/mol. The molecule has 4 rings (SSSR count). The minimum atomic E-state index is -0.417. The number of hydrogen-bond donors (Lipinski definition) is 0. The third-order valence-corrected chi connectivity index (χ3v) is 6.87. The normalized spacial score (nSPS) is 16.1. The highest BCUT2D eigenvalue weighted by atomic mass is 35.5. The highest BCUT2D eigenvalue weighted by molar-refractivity contribution is 7.16. The van der Waals surface area contributed by atoms with Crippen LogP contribution in [0.5, 0.6) is 0 Å². The first-order valence-electron chi connectivity index (χ1n) is 9.70. The third kappa shape index (κ3) is 4.62. The summed E-state index contributed by atoms with van der Waals surface area (Å²) in [7, 11) is 0. The van der Waals surface area contributed by atoms with Gasteiger partial charge in [-0.15, -0.1) is 11.3 Å². The summed E-state index contributed by atoms with van der Waals surface area (Å²) >= 11 is 7.68. The zero-order valence-corrected chi connectivity index (χ0v) is 17.2. The lowest BCUT2D eigenvalue weighted by Gasteiger charge is -2.32. The fourth-order valence-corrected chi connectivity index (χ4v) is 5.05. The molecule has 1 fully saturated rings. The molecule has 0 atom stereocenters. The number of fused-ring (bicyclic) bond motifs is 1. The van der Waals surface area contributed by atoms with Crippen molar-refractivity contribution in [1.82, 2.24) is 14.5 Å². The second kappa shape index (κ2) is 8.72. The molecule has 0 spiro atoms. The topological polar surface area (TPSA) is 38.1 Å². The molecule has 1 saturated heterocycles. The fourth-order valence-electron chi connectivity index (χ4n) is 3.95. The lowest BCUT2D eigenvalue weighted by atomic mass is 9.92. The predicted octanol–water partition coefficient (Wildman–Crippen LogP) is 4.60. The first-order chi connectivity index (χ1) is 13.6. The van der Waals surface area contributed by atoms with Crippen molar-refractivity contribution < 1.29 is 4.39 Å². The highest BCUT2D eigenvalue weighted by Crippen LogP contribution is 2.27. The number of nitrogens with zero attached hydrogens (tertiary/aromatic N) is 3. The molecule has 4 nitrogen and oxygen atoms in total. The van der Waals surface area contributed by atoms with E-state index in [0.29, 0.717) is 17.6 Å². The molecule has 0 amide bonds. The molecule has 0 unspecified atom stereocenters. The summed E-state index contributed by atoms with van der Waals surface area (Å²) in [5.41, 5.74) is 1.11. The number of aromatic nitrogens is 2. The van der Waals surface area contributed by atoms with Gasteiger partial charge in [0.15, 0.2) is 0 Å². The van der Waals surface area contributed by atoms with Crippen LogP contribution < -0.4 is 5.56 Å². The van der Waals surface area contributed by atoms with Crippen LogP contribution in [-0.4, -0.2) is 34.1 Å². The van der Waals surface area contributed by atoms with Gasteiger partial charge in [0.1, 0.15) is 5.82 Å². The van der Waals surface area contributed by atoms with Crippen molar-refractivity contribution in [3.8, 4) is 0 Å². The van der Waals surface area contributed by atoms with Crippen molar-refractivity contribution in [1.29, 1.82) is 0 Å². The number of hydrogen-bond acceptors (Lipinski definition) is 4. The Morgan fingerprint density at radius 1 is 1.18 bits per heavy atom. The van der Waals surface area contributed by atoms with Crippen LogP contribution in [0.1, 0.15) is 24.1 Å². The van der Waals surface area contributed by atoms with Gasteiger partial charge in [-0.25, -0.2) is 4.39 Å². The van der Waals surface area contributed by atoms with Gasteiger partial charge in [-0.2, -0.15) is 0 Å². The van der Waals surface area contributed by atoms with Crippen LogP contribution in [0.2, 0.25) is 4.34 Å². The lowest BCUT2D eigenvalue weighted by molar-refractivity contribution is 0.174. The van der Waals surface area contributed by atoms with Crippen molar-refractivity contribution in [2.24, 2.45) is 5.92 Å². The average Bonchev–Trinajstić information content (AvgIpc) is 3.12. The molecule has 148 valence electrons. The third-order valence-electron chi connectivity index (χ3n) is 5.58. The van der Waals surface area contributed by atoms with E-state index in [9.17, 15) is 9.18 Å². The van der Waals surface area contributed by atoms with Gasteiger partial charge in [-0.3, -0.25) is 9.78 Å². The van der Waals surface area contributed by atoms with Gasteiger partial charge >= 0.3 is 0 Å². The summed E-state index contributed by atoms with van der Waals surface area (Å²) in [5.74, 6) is 0.329. The molecule has 0 N–H and O–H groups in total. The monoisotopic (exact) mass is 419 g/mol. The molecule has 4 heterocycles. The van der Waals surface area contributed by atoms with Gasteiger partial charge in [0.2, 0.25) is 0 Å². The van der Waals surface area contributed by atoms with Gasteiger partial charge in [-0.05, 0) is 62.9 Å². The Morgan fingerprint density at radius 3 is 2.75 bits per heavy atom. The first kappa shape index (κ1) is 19.6. The highest BCUT2D eigenvalue weighted by Gasteiger charge is 2.19. The molecule has 0 radical (unpaired) electrons. The van der Waals surface area contributed by atoms with Crippen LogP contribution in [0.15, 0.2) is 41.3 Å². The summed E-state index contributed by atoms with van der Waals surface area (Å²) in [4.78, 5) is 20.1. The second-order valence-corrected chi connectivity index (χ2v) is 9.21. The van der Waals surface area contributed by atoms with E-state index in [-0.39, 0.29) is 5.56 Å². The molecule has 3 aromatic heterocycles. The van der Waals surface area contributed by atoms with Crippen LogP contribution >= 0.6 is 22.9 Å². The van der Waals surface area contributed by atoms with Crippen LogP contribution in [0, 0.1) is 11.7 Å². The van der Waals surface area contributed by atoms with Gasteiger partial charge in [0.05, 0.1) is 21.6 Å². The van der Waals surface area contributed by atoms with E-state index in [1.807, 2.05) is 6.07 Å². The Morgan fingerprint density at radius 2 is 2.00 bits per heavy atom. The molecule has 1 aliphatic heterocycles. The van der Waals surface area contributed by atoms with Crippen LogP contribution in [0.3, 0.4) is 0 Å². The molecule has 3 aromatic rings. The SMILES string of the molecule is O=c1ccc2ncc(F)cc2n1CCN1CCC(CCc2ccc(Cl)s2)CC1. The number of thiophene rings is 1. The van der Waals surface area contributed by atoms with Gasteiger partial charge < -0.3 is 9.47 Å². The van der Waals surface area contributed by atoms with E-state index < -0.39 is 5.82 Å². The van der Waals surface area contributed by atoms with Crippen molar-refractivity contribution in [3.63, 3.8) is 0 Å². The van der Waals surface area contributed by atoms with E-state index in [2.05, 4.69) is 16.0 Å². The predicted molar refractivity (Wildman–Crippen MR) is 113 cm³/mol. The van der Waals surface area contributed by atoms with E-state index in [1.54, 1.807) is 22.0 Å². The molecule has 7 heteroatoms. The summed E-state index contributed by atoms with van der Waals surface area (Å²) in [6.07, 6.45) is 5.86. The minimum Gasteiger partial charge on any atom is -0.305 e. The second-order valence-electron chi connectivity index (χ2n) is 7.41. The maximum atomic E-state index is 13.6. The zero-order valence-electron chi connectivity index (χ0n) is 15.6. The molecule has 1 aliphatic rings. The standard InChI is InChI=1S/C21H23ClFN3OS/c22-20-5-3-17(28-20)2-1-15-7-9-25(10-8-15)11-12-26-19-13-16(23)14-24-18(19)4-6-21(26)27/h3-6,13-15H,1-2,7-12H2. The lowest BCUT2D eigenvalue weighted by Crippen LogP contribution is -2.37. The molecular formula is C21H23ClFN3OS. The zero-order chi connectivity index (χ0) is 19.5. The maximum absolute atomic E-state index is 13.6. The molecule has 0 aromatic carbocycles. The summed E-state index contributed by atoms with van der Waals surface area (Å²) in [6.45, 7) is 3.44. The Hall–Kier alpha value is -1.76. The van der Waals surface area contributed by atoms with E-state index >= 15 is 0 Å². The molecule has 28 heavy (non-hydrogen) atoms. The number of rotatable bonds is 6. The van der Waals surface area contributed by atoms with Gasteiger partial charge in [0, 0.05) is 30.1 Å². The number of pyridine rings is 2. The van der Waals surface area contributed by atoms with E-state index in [4.69, 9.17) is 11.6 Å². The van der Waals surface area contributed by atoms with E-state index in [1.165, 1.54) is 42.5 Å². The summed E-state index contributed by atoms with van der Waals surface area (Å²) < 4.78 is 16.1. The number of piperidine rings is 1. The molecule has 0 aliphatic carbocycles. The summed E-state index contributed by atoms with van der Waals surface area (Å²) in [5, 5.41) is 0.